The second-order valence-corrected chi connectivity index (χ2v) is 6.04. The molecule has 0 unspecified atom stereocenters. The fourth-order valence-electron chi connectivity index (χ4n) is 1.58. The van der Waals surface area contributed by atoms with Gasteiger partial charge in [-0.05, 0) is 25.5 Å². The average Bonchev–Trinajstić information content (AvgIpc) is 2.93. The number of ether oxygens (including phenoxy) is 2. The molecule has 1 rings (SSSR count). The first-order valence-corrected chi connectivity index (χ1v) is 8.44. The topological polar surface area (TPSA) is 89.8 Å². The Morgan fingerprint density at radius 3 is 2.76 bits per heavy atom. The summed E-state index contributed by atoms with van der Waals surface area (Å²) in [5, 5.41) is 3.02. The Balaban J connectivity index is 2.39. The molecule has 0 aliphatic carbocycles. The van der Waals surface area contributed by atoms with Crippen LogP contribution in [0.15, 0.2) is 21.6 Å². The number of hydrogen-bond donors (Lipinski definition) is 2. The molecule has 0 aliphatic rings. The minimum absolute atomic E-state index is 0.0672. The summed E-state index contributed by atoms with van der Waals surface area (Å²) in [5.74, 6) is 0.570. The normalized spacial score (nSPS) is 11.9. The summed E-state index contributed by atoms with van der Waals surface area (Å²) in [5.41, 5.74) is 0. The number of hydrogen-bond acceptors (Lipinski definition) is 6. The lowest BCUT2D eigenvalue weighted by Gasteiger charge is -2.04. The minimum Gasteiger partial charge on any atom is -0.447 e. The highest BCUT2D eigenvalue weighted by atomic mass is 32.2. The lowest BCUT2D eigenvalue weighted by atomic mass is 10.4. The van der Waals surface area contributed by atoms with Crippen molar-refractivity contribution in [3.05, 3.63) is 17.9 Å². The Bertz CT molecular complexity index is 487. The molecule has 0 atom stereocenters. The number of methoxy groups -OCH3 is 1. The van der Waals surface area contributed by atoms with Gasteiger partial charge in [0.15, 0.2) is 0 Å². The average molecular weight is 320 g/mol. The molecule has 0 saturated carbocycles. The van der Waals surface area contributed by atoms with Crippen molar-refractivity contribution in [3.63, 3.8) is 0 Å². The van der Waals surface area contributed by atoms with Crippen LogP contribution < -0.4 is 10.0 Å². The van der Waals surface area contributed by atoms with Crippen LogP contribution in [0.1, 0.15) is 19.1 Å². The van der Waals surface area contributed by atoms with Gasteiger partial charge in [-0.25, -0.2) is 13.1 Å². The van der Waals surface area contributed by atoms with E-state index < -0.39 is 10.0 Å². The van der Waals surface area contributed by atoms with Crippen LogP contribution in [-0.4, -0.2) is 48.4 Å². The van der Waals surface area contributed by atoms with Gasteiger partial charge < -0.3 is 19.2 Å². The summed E-state index contributed by atoms with van der Waals surface area (Å²) >= 11 is 0. The molecule has 1 aromatic rings. The zero-order chi connectivity index (χ0) is 15.6. The van der Waals surface area contributed by atoms with Crippen LogP contribution in [-0.2, 0) is 26.0 Å². The van der Waals surface area contributed by atoms with Crippen molar-refractivity contribution in [2.75, 3.05) is 40.0 Å². The highest BCUT2D eigenvalue weighted by Crippen LogP contribution is 2.13. The van der Waals surface area contributed by atoms with Crippen LogP contribution in [0.3, 0.4) is 0 Å². The monoisotopic (exact) mass is 320 g/mol. The molecule has 0 amide bonds. The highest BCUT2D eigenvalue weighted by Gasteiger charge is 2.17. The summed E-state index contributed by atoms with van der Waals surface area (Å²) in [7, 11) is -1.97. The molecule has 8 heteroatoms. The Hall–Kier alpha value is -0.930. The standard InChI is InChI=1S/C13H24N2O5S/c1-3-19-9-4-7-15-21(16,17)13-6-5-12(20-13)11-14-8-10-18-2/h5-6,14-15H,3-4,7-11H2,1-2H3. The molecule has 7 nitrogen and oxygen atoms in total. The first kappa shape index (κ1) is 18.1. The number of nitrogens with one attached hydrogen (secondary N) is 2. The van der Waals surface area contributed by atoms with Crippen LogP contribution in [0.4, 0.5) is 0 Å². The Kier molecular flexibility index (Phi) is 8.55. The van der Waals surface area contributed by atoms with Gasteiger partial charge >= 0.3 is 0 Å². The summed E-state index contributed by atoms with van der Waals surface area (Å²) in [4.78, 5) is 0. The van der Waals surface area contributed by atoms with Crippen molar-refractivity contribution >= 4 is 10.0 Å². The van der Waals surface area contributed by atoms with Crippen LogP contribution in [0.5, 0.6) is 0 Å². The Morgan fingerprint density at radius 2 is 2.05 bits per heavy atom. The molecule has 0 aromatic carbocycles. The molecule has 1 aromatic heterocycles. The first-order chi connectivity index (χ1) is 10.1. The Labute approximate surface area is 126 Å². The van der Waals surface area contributed by atoms with Crippen molar-refractivity contribution < 1.29 is 22.3 Å². The van der Waals surface area contributed by atoms with E-state index in [4.69, 9.17) is 13.9 Å². The fraction of sp³-hybridized carbons (Fsp3) is 0.692. The van der Waals surface area contributed by atoms with E-state index in [9.17, 15) is 8.42 Å². The maximum absolute atomic E-state index is 12.0. The van der Waals surface area contributed by atoms with Gasteiger partial charge in [-0.2, -0.15) is 0 Å². The van der Waals surface area contributed by atoms with Crippen molar-refractivity contribution in [2.45, 2.75) is 25.0 Å². The van der Waals surface area contributed by atoms with E-state index in [-0.39, 0.29) is 5.09 Å². The van der Waals surface area contributed by atoms with Gasteiger partial charge in [0, 0.05) is 33.4 Å². The van der Waals surface area contributed by atoms with E-state index in [0.29, 0.717) is 51.6 Å². The molecule has 0 radical (unpaired) electrons. The zero-order valence-corrected chi connectivity index (χ0v) is 13.4. The molecule has 0 bridgehead atoms. The number of furan rings is 1. The summed E-state index contributed by atoms with van der Waals surface area (Å²) < 4.78 is 41.8. The van der Waals surface area contributed by atoms with Gasteiger partial charge in [0.25, 0.3) is 10.0 Å². The molecular weight excluding hydrogens is 296 g/mol. The SMILES string of the molecule is CCOCCCNS(=O)(=O)c1ccc(CNCCOC)o1. The van der Waals surface area contributed by atoms with Gasteiger partial charge in [-0.15, -0.1) is 0 Å². The van der Waals surface area contributed by atoms with Crippen molar-refractivity contribution in [1.29, 1.82) is 0 Å². The van der Waals surface area contributed by atoms with Crippen LogP contribution >= 0.6 is 0 Å². The third-order valence-electron chi connectivity index (χ3n) is 2.65. The molecule has 0 fully saturated rings. The Morgan fingerprint density at radius 1 is 1.24 bits per heavy atom. The maximum atomic E-state index is 12.0. The largest absolute Gasteiger partial charge is 0.447 e. The molecule has 0 aliphatic heterocycles. The molecule has 2 N–H and O–H groups in total. The number of rotatable bonds is 12. The lowest BCUT2D eigenvalue weighted by molar-refractivity contribution is 0.146. The number of sulfonamides is 1. The van der Waals surface area contributed by atoms with Crippen LogP contribution in [0.2, 0.25) is 0 Å². The van der Waals surface area contributed by atoms with Crippen molar-refractivity contribution in [2.24, 2.45) is 0 Å². The van der Waals surface area contributed by atoms with E-state index in [2.05, 4.69) is 10.0 Å². The van der Waals surface area contributed by atoms with Gasteiger partial charge in [0.05, 0.1) is 13.2 Å². The molecule has 21 heavy (non-hydrogen) atoms. The molecular formula is C13H24N2O5S. The molecule has 0 spiro atoms. The predicted octanol–water partition coefficient (Wildman–Crippen LogP) is 0.721. The minimum atomic E-state index is -3.59. The third-order valence-corrected chi connectivity index (χ3v) is 3.98. The molecule has 0 saturated heterocycles. The zero-order valence-electron chi connectivity index (χ0n) is 12.6. The second-order valence-electron chi connectivity index (χ2n) is 4.34. The van der Waals surface area contributed by atoms with E-state index in [0.717, 1.165) is 0 Å². The van der Waals surface area contributed by atoms with Crippen molar-refractivity contribution in [1.82, 2.24) is 10.0 Å². The van der Waals surface area contributed by atoms with Gasteiger partial charge in [-0.1, -0.05) is 0 Å². The molecule has 1 heterocycles. The highest BCUT2D eigenvalue weighted by molar-refractivity contribution is 7.89. The first-order valence-electron chi connectivity index (χ1n) is 6.96. The molecule has 122 valence electrons. The van der Waals surface area contributed by atoms with Gasteiger partial charge in [0.1, 0.15) is 5.76 Å². The second kappa shape index (κ2) is 9.91. The van der Waals surface area contributed by atoms with E-state index in [1.807, 2.05) is 6.92 Å². The smallest absolute Gasteiger partial charge is 0.273 e. The lowest BCUT2D eigenvalue weighted by Crippen LogP contribution is -2.25. The van der Waals surface area contributed by atoms with Crippen LogP contribution in [0, 0.1) is 0 Å². The summed E-state index contributed by atoms with van der Waals surface area (Å²) in [6.07, 6.45) is 0.624. The van der Waals surface area contributed by atoms with E-state index in [1.54, 1.807) is 13.2 Å². The summed E-state index contributed by atoms with van der Waals surface area (Å²) in [6.45, 7) is 5.11. The maximum Gasteiger partial charge on any atom is 0.273 e. The third kappa shape index (κ3) is 7.05. The predicted molar refractivity (Wildman–Crippen MR) is 78.6 cm³/mol. The van der Waals surface area contributed by atoms with Crippen molar-refractivity contribution in [3.8, 4) is 0 Å². The quantitative estimate of drug-likeness (QED) is 0.552. The van der Waals surface area contributed by atoms with Crippen LogP contribution in [0.25, 0.3) is 0 Å². The van der Waals surface area contributed by atoms with Gasteiger partial charge in [0.2, 0.25) is 5.09 Å². The van der Waals surface area contributed by atoms with Gasteiger partial charge in [-0.3, -0.25) is 0 Å². The van der Waals surface area contributed by atoms with E-state index >= 15 is 0 Å². The fourth-order valence-corrected chi connectivity index (χ4v) is 2.60. The van der Waals surface area contributed by atoms with E-state index in [1.165, 1.54) is 6.07 Å². The summed E-state index contributed by atoms with van der Waals surface area (Å²) in [6, 6.07) is 3.10.